The average Bonchev–Trinajstić information content (AvgIpc) is 3.14. The van der Waals surface area contributed by atoms with Crippen molar-refractivity contribution in [1.82, 2.24) is 25.1 Å². The summed E-state index contributed by atoms with van der Waals surface area (Å²) < 4.78 is 7.36. The Balaban J connectivity index is 1.79. The number of aromatic nitrogens is 4. The van der Waals surface area contributed by atoms with Crippen LogP contribution in [-0.4, -0.2) is 37.6 Å². The van der Waals surface area contributed by atoms with Gasteiger partial charge in [0.1, 0.15) is 24.4 Å². The van der Waals surface area contributed by atoms with Crippen LogP contribution >= 0.6 is 0 Å². The molecule has 1 saturated heterocycles. The van der Waals surface area contributed by atoms with E-state index in [0.29, 0.717) is 0 Å². The Morgan fingerprint density at radius 1 is 1.36 bits per heavy atom. The van der Waals surface area contributed by atoms with Crippen LogP contribution in [0.5, 0.6) is 0 Å². The Kier molecular flexibility index (Phi) is 4.50. The Labute approximate surface area is 129 Å². The van der Waals surface area contributed by atoms with Crippen molar-refractivity contribution in [2.75, 3.05) is 6.54 Å². The van der Waals surface area contributed by atoms with Crippen LogP contribution in [0.15, 0.2) is 22.9 Å². The summed E-state index contributed by atoms with van der Waals surface area (Å²) in [5.74, 6) is 1.89. The fourth-order valence-corrected chi connectivity index (χ4v) is 2.95. The van der Waals surface area contributed by atoms with Crippen molar-refractivity contribution in [3.63, 3.8) is 0 Å². The zero-order chi connectivity index (χ0) is 15.4. The third kappa shape index (κ3) is 3.18. The second-order valence-electron chi connectivity index (χ2n) is 5.62. The molecule has 22 heavy (non-hydrogen) atoms. The summed E-state index contributed by atoms with van der Waals surface area (Å²) in [5.41, 5.74) is 0. The fourth-order valence-electron chi connectivity index (χ4n) is 2.95. The zero-order valence-electron chi connectivity index (χ0n) is 12.8. The summed E-state index contributed by atoms with van der Waals surface area (Å²) in [7, 11) is 0. The van der Waals surface area contributed by atoms with E-state index in [1.54, 1.807) is 0 Å². The van der Waals surface area contributed by atoms with Crippen molar-refractivity contribution in [3.05, 3.63) is 30.0 Å². The first-order valence-electron chi connectivity index (χ1n) is 7.86. The molecule has 3 heterocycles. The highest BCUT2D eigenvalue weighted by Gasteiger charge is 2.29. The number of hydrogen-bond acceptors (Lipinski definition) is 5. The van der Waals surface area contributed by atoms with Crippen molar-refractivity contribution in [2.45, 2.75) is 51.6 Å². The average molecular weight is 303 g/mol. The lowest BCUT2D eigenvalue weighted by atomic mass is 10.1. The van der Waals surface area contributed by atoms with Gasteiger partial charge in [0.05, 0.1) is 6.04 Å². The van der Waals surface area contributed by atoms with E-state index in [1.807, 2.05) is 17.0 Å². The predicted octanol–water partition coefficient (Wildman–Crippen LogP) is 1.97. The Hall–Kier alpha value is -2.18. The molecule has 0 spiro atoms. The van der Waals surface area contributed by atoms with Crippen LogP contribution in [0.2, 0.25) is 0 Å². The molecule has 1 amide bonds. The molecule has 3 rings (SSSR count). The lowest BCUT2D eigenvalue weighted by Crippen LogP contribution is -2.37. The SMILES string of the molecule is CCc1ccc(C2CCCCCN2C(=O)Cn2cnnn2)o1. The topological polar surface area (TPSA) is 77.1 Å². The van der Waals surface area contributed by atoms with Crippen LogP contribution in [0.4, 0.5) is 0 Å². The van der Waals surface area contributed by atoms with Gasteiger partial charge in [0.2, 0.25) is 5.91 Å². The zero-order valence-corrected chi connectivity index (χ0v) is 12.8. The van der Waals surface area contributed by atoms with Gasteiger partial charge in [0.15, 0.2) is 0 Å². The number of nitrogens with zero attached hydrogens (tertiary/aromatic N) is 5. The summed E-state index contributed by atoms with van der Waals surface area (Å²) in [6.45, 7) is 3.00. The smallest absolute Gasteiger partial charge is 0.245 e. The second-order valence-corrected chi connectivity index (χ2v) is 5.62. The second kappa shape index (κ2) is 6.72. The molecule has 0 saturated carbocycles. The van der Waals surface area contributed by atoms with E-state index in [-0.39, 0.29) is 18.5 Å². The molecule has 1 unspecified atom stereocenters. The normalized spacial score (nSPS) is 19.1. The van der Waals surface area contributed by atoms with Crippen molar-refractivity contribution in [3.8, 4) is 0 Å². The molecule has 1 fully saturated rings. The molecule has 2 aromatic rings. The predicted molar refractivity (Wildman–Crippen MR) is 78.8 cm³/mol. The quantitative estimate of drug-likeness (QED) is 0.863. The first kappa shape index (κ1) is 14.7. The summed E-state index contributed by atoms with van der Waals surface area (Å²) in [6, 6.07) is 4.03. The van der Waals surface area contributed by atoms with Crippen molar-refractivity contribution in [2.24, 2.45) is 0 Å². The summed E-state index contributed by atoms with van der Waals surface area (Å²) in [4.78, 5) is 14.6. The van der Waals surface area contributed by atoms with Crippen molar-refractivity contribution < 1.29 is 9.21 Å². The molecule has 0 aliphatic carbocycles. The summed E-state index contributed by atoms with van der Waals surface area (Å²) in [6.07, 6.45) is 6.56. The molecule has 7 nitrogen and oxygen atoms in total. The number of carbonyl (C=O) groups is 1. The van der Waals surface area contributed by atoms with Gasteiger partial charge in [-0.25, -0.2) is 4.68 Å². The van der Waals surface area contributed by atoms with Crippen LogP contribution in [-0.2, 0) is 17.8 Å². The molecule has 0 bridgehead atoms. The van der Waals surface area contributed by atoms with E-state index >= 15 is 0 Å². The van der Waals surface area contributed by atoms with Crippen molar-refractivity contribution >= 4 is 5.91 Å². The molecule has 1 atom stereocenters. The van der Waals surface area contributed by atoms with Crippen LogP contribution in [0.25, 0.3) is 0 Å². The van der Waals surface area contributed by atoms with E-state index in [9.17, 15) is 4.79 Å². The maximum absolute atomic E-state index is 12.6. The van der Waals surface area contributed by atoms with Gasteiger partial charge in [-0.15, -0.1) is 5.10 Å². The lowest BCUT2D eigenvalue weighted by molar-refractivity contribution is -0.135. The van der Waals surface area contributed by atoms with E-state index in [2.05, 4.69) is 22.4 Å². The standard InChI is InChI=1S/C15H21N5O2/c1-2-12-7-8-14(22-12)13-6-4-3-5-9-20(13)15(21)10-19-11-16-17-18-19/h7-8,11,13H,2-6,9-10H2,1H3. The number of rotatable bonds is 4. The third-order valence-electron chi connectivity index (χ3n) is 4.12. The van der Waals surface area contributed by atoms with Gasteiger partial charge in [-0.05, 0) is 35.4 Å². The highest BCUT2D eigenvalue weighted by Crippen LogP contribution is 2.31. The maximum atomic E-state index is 12.6. The minimum atomic E-state index is 0.0202. The highest BCUT2D eigenvalue weighted by atomic mass is 16.3. The largest absolute Gasteiger partial charge is 0.464 e. The molecule has 1 aliphatic rings. The van der Waals surface area contributed by atoms with Gasteiger partial charge in [-0.2, -0.15) is 0 Å². The number of furan rings is 1. The van der Waals surface area contributed by atoms with Gasteiger partial charge in [-0.3, -0.25) is 4.79 Å². The minimum Gasteiger partial charge on any atom is -0.464 e. The molecule has 7 heteroatoms. The Morgan fingerprint density at radius 2 is 2.27 bits per heavy atom. The van der Waals surface area contributed by atoms with Gasteiger partial charge in [0.25, 0.3) is 0 Å². The maximum Gasteiger partial charge on any atom is 0.245 e. The first-order chi connectivity index (χ1) is 10.8. The molecular weight excluding hydrogens is 282 g/mol. The molecule has 0 radical (unpaired) electrons. The van der Waals surface area contributed by atoms with E-state index in [4.69, 9.17) is 4.42 Å². The first-order valence-corrected chi connectivity index (χ1v) is 7.86. The minimum absolute atomic E-state index is 0.0202. The number of amides is 1. The van der Waals surface area contributed by atoms with Gasteiger partial charge >= 0.3 is 0 Å². The third-order valence-corrected chi connectivity index (χ3v) is 4.12. The molecule has 2 aromatic heterocycles. The van der Waals surface area contributed by atoms with E-state index < -0.39 is 0 Å². The Morgan fingerprint density at radius 3 is 3.00 bits per heavy atom. The van der Waals surface area contributed by atoms with Gasteiger partial charge in [-0.1, -0.05) is 19.8 Å². The number of hydrogen-bond donors (Lipinski definition) is 0. The number of carbonyl (C=O) groups excluding carboxylic acids is 1. The molecule has 118 valence electrons. The molecule has 1 aliphatic heterocycles. The lowest BCUT2D eigenvalue weighted by Gasteiger charge is -2.28. The molecule has 0 N–H and O–H groups in total. The van der Waals surface area contributed by atoms with Crippen LogP contribution in [0.3, 0.4) is 0 Å². The van der Waals surface area contributed by atoms with Crippen LogP contribution in [0, 0.1) is 0 Å². The number of likely N-dealkylation sites (tertiary alicyclic amines) is 1. The van der Waals surface area contributed by atoms with Gasteiger partial charge < -0.3 is 9.32 Å². The summed E-state index contributed by atoms with van der Waals surface area (Å²) in [5, 5.41) is 10.9. The number of aryl methyl sites for hydroxylation is 1. The monoisotopic (exact) mass is 303 g/mol. The highest BCUT2D eigenvalue weighted by molar-refractivity contribution is 5.76. The Bertz CT molecular complexity index is 607. The number of tetrazole rings is 1. The van der Waals surface area contributed by atoms with Gasteiger partial charge in [0, 0.05) is 13.0 Å². The van der Waals surface area contributed by atoms with Crippen molar-refractivity contribution in [1.29, 1.82) is 0 Å². The molecule has 0 aromatic carbocycles. The summed E-state index contributed by atoms with van der Waals surface area (Å²) >= 11 is 0. The van der Waals surface area contributed by atoms with Crippen LogP contribution < -0.4 is 0 Å². The van der Waals surface area contributed by atoms with E-state index in [1.165, 1.54) is 11.0 Å². The van der Waals surface area contributed by atoms with Crippen LogP contribution in [0.1, 0.15) is 50.2 Å². The molecular formula is C15H21N5O2. The van der Waals surface area contributed by atoms with E-state index in [0.717, 1.165) is 50.2 Å². The fraction of sp³-hybridized carbons (Fsp3) is 0.600.